The molecule has 0 radical (unpaired) electrons. The number of halogens is 1. The van der Waals surface area contributed by atoms with E-state index in [9.17, 15) is 8.42 Å². The van der Waals surface area contributed by atoms with Gasteiger partial charge in [0.25, 0.3) is 0 Å². The molecule has 1 saturated heterocycles. The minimum absolute atomic E-state index is 0.241. The maximum atomic E-state index is 11.4. The van der Waals surface area contributed by atoms with Gasteiger partial charge in [-0.3, -0.25) is 0 Å². The van der Waals surface area contributed by atoms with Crippen LogP contribution in [0, 0.1) is 0 Å². The fourth-order valence-corrected chi connectivity index (χ4v) is 3.78. The summed E-state index contributed by atoms with van der Waals surface area (Å²) in [4.78, 5) is 2.14. The number of nitrogens with two attached hydrogens (primary N) is 1. The number of anilines is 1. The summed E-state index contributed by atoms with van der Waals surface area (Å²) >= 11 is 3.45. The maximum absolute atomic E-state index is 11.4. The third kappa shape index (κ3) is 3.24. The summed E-state index contributed by atoms with van der Waals surface area (Å²) in [6.45, 7) is 1.73. The van der Waals surface area contributed by atoms with Gasteiger partial charge in [0.1, 0.15) is 0 Å². The van der Waals surface area contributed by atoms with E-state index >= 15 is 0 Å². The molecule has 0 atom stereocenters. The van der Waals surface area contributed by atoms with E-state index in [1.807, 2.05) is 12.1 Å². The molecule has 1 aliphatic rings. The molecule has 0 saturated carbocycles. The first-order valence-corrected chi connectivity index (χ1v) is 8.57. The van der Waals surface area contributed by atoms with E-state index in [0.29, 0.717) is 19.6 Å². The van der Waals surface area contributed by atoms with Crippen LogP contribution < -0.4 is 10.6 Å². The van der Waals surface area contributed by atoms with Crippen LogP contribution in [0.25, 0.3) is 0 Å². The normalized spacial score (nSPS) is 18.9. The van der Waals surface area contributed by atoms with E-state index in [-0.39, 0.29) is 11.5 Å². The molecule has 4 nitrogen and oxygen atoms in total. The van der Waals surface area contributed by atoms with Crippen LogP contribution in [0.1, 0.15) is 5.56 Å². The van der Waals surface area contributed by atoms with Crippen molar-refractivity contribution in [3.05, 3.63) is 28.2 Å². The lowest BCUT2D eigenvalue weighted by molar-refractivity contribution is 0.586. The van der Waals surface area contributed by atoms with Gasteiger partial charge in [-0.05, 0) is 36.7 Å². The summed E-state index contributed by atoms with van der Waals surface area (Å²) in [6, 6.07) is 6.08. The highest BCUT2D eigenvalue weighted by Crippen LogP contribution is 2.26. The lowest BCUT2D eigenvalue weighted by Gasteiger charge is -2.30. The van der Waals surface area contributed by atoms with Crippen LogP contribution >= 0.6 is 15.9 Å². The molecule has 0 spiro atoms. The number of hydrogen-bond acceptors (Lipinski definition) is 4. The second-order valence-corrected chi connectivity index (χ2v) is 7.67. The lowest BCUT2D eigenvalue weighted by Crippen LogP contribution is -2.40. The van der Waals surface area contributed by atoms with Crippen molar-refractivity contribution in [2.75, 3.05) is 36.0 Å². The van der Waals surface area contributed by atoms with Crippen LogP contribution in [0.15, 0.2) is 22.7 Å². The second kappa shape index (κ2) is 5.59. The molecule has 1 aromatic carbocycles. The summed E-state index contributed by atoms with van der Waals surface area (Å²) < 4.78 is 23.9. The molecule has 1 aromatic rings. The first-order chi connectivity index (χ1) is 8.52. The fraction of sp³-hybridized carbons (Fsp3) is 0.500. The maximum Gasteiger partial charge on any atom is 0.153 e. The van der Waals surface area contributed by atoms with Gasteiger partial charge in [0.15, 0.2) is 9.84 Å². The number of sulfone groups is 1. The Kier molecular flexibility index (Phi) is 4.29. The minimum atomic E-state index is -2.83. The summed E-state index contributed by atoms with van der Waals surface area (Å²) in [5, 5.41) is 0. The van der Waals surface area contributed by atoms with Crippen molar-refractivity contribution >= 4 is 31.5 Å². The molecule has 0 unspecified atom stereocenters. The zero-order valence-corrected chi connectivity index (χ0v) is 12.5. The quantitative estimate of drug-likeness (QED) is 0.902. The third-order valence-corrected chi connectivity index (χ3v) is 5.24. The van der Waals surface area contributed by atoms with Gasteiger partial charge in [0.05, 0.1) is 11.5 Å². The Morgan fingerprint density at radius 3 is 2.56 bits per heavy atom. The Morgan fingerprint density at radius 2 is 1.94 bits per heavy atom. The van der Waals surface area contributed by atoms with Gasteiger partial charge in [-0.25, -0.2) is 8.42 Å². The molecule has 0 aromatic heterocycles. The highest BCUT2D eigenvalue weighted by atomic mass is 79.9. The predicted molar refractivity (Wildman–Crippen MR) is 77.8 cm³/mol. The SMILES string of the molecule is NCCc1cc(Br)ccc1N1CCS(=O)(=O)CC1. The summed E-state index contributed by atoms with van der Waals surface area (Å²) in [6.07, 6.45) is 0.804. The molecule has 1 fully saturated rings. The molecule has 0 bridgehead atoms. The molecule has 2 rings (SSSR count). The van der Waals surface area contributed by atoms with E-state index in [2.05, 4.69) is 26.9 Å². The molecule has 1 aliphatic heterocycles. The molecule has 6 heteroatoms. The number of benzene rings is 1. The topological polar surface area (TPSA) is 63.4 Å². The zero-order valence-electron chi connectivity index (χ0n) is 10.1. The molecule has 2 N–H and O–H groups in total. The van der Waals surface area contributed by atoms with E-state index in [1.54, 1.807) is 0 Å². The number of nitrogens with zero attached hydrogens (tertiary/aromatic N) is 1. The first-order valence-electron chi connectivity index (χ1n) is 5.96. The Balaban J connectivity index is 2.23. The van der Waals surface area contributed by atoms with Crippen molar-refractivity contribution in [2.24, 2.45) is 5.73 Å². The molecular weight excluding hydrogens is 316 g/mol. The smallest absolute Gasteiger partial charge is 0.153 e. The van der Waals surface area contributed by atoms with E-state index < -0.39 is 9.84 Å². The highest BCUT2D eigenvalue weighted by molar-refractivity contribution is 9.10. The largest absolute Gasteiger partial charge is 0.369 e. The van der Waals surface area contributed by atoms with Gasteiger partial charge in [-0.2, -0.15) is 0 Å². The molecule has 0 aliphatic carbocycles. The van der Waals surface area contributed by atoms with Crippen molar-refractivity contribution in [3.8, 4) is 0 Å². The lowest BCUT2D eigenvalue weighted by atomic mass is 10.1. The third-order valence-electron chi connectivity index (χ3n) is 3.14. The van der Waals surface area contributed by atoms with E-state index in [1.165, 1.54) is 5.56 Å². The van der Waals surface area contributed by atoms with Crippen molar-refractivity contribution in [2.45, 2.75) is 6.42 Å². The summed E-state index contributed by atoms with van der Waals surface area (Å²) in [5.41, 5.74) is 7.90. The monoisotopic (exact) mass is 332 g/mol. The van der Waals surface area contributed by atoms with Gasteiger partial charge in [0.2, 0.25) is 0 Å². The summed E-state index contributed by atoms with van der Waals surface area (Å²) in [5.74, 6) is 0.482. The highest BCUT2D eigenvalue weighted by Gasteiger charge is 2.23. The van der Waals surface area contributed by atoms with Crippen molar-refractivity contribution in [3.63, 3.8) is 0 Å². The standard InChI is InChI=1S/C12H17BrN2O2S/c13-11-1-2-12(10(9-11)3-4-14)15-5-7-18(16,17)8-6-15/h1-2,9H,3-8,14H2. The van der Waals surface area contributed by atoms with Crippen LogP contribution in [0.2, 0.25) is 0 Å². The van der Waals surface area contributed by atoms with E-state index in [0.717, 1.165) is 16.6 Å². The molecule has 0 amide bonds. The van der Waals surface area contributed by atoms with Gasteiger partial charge < -0.3 is 10.6 Å². The van der Waals surface area contributed by atoms with Crippen molar-refractivity contribution in [1.82, 2.24) is 0 Å². The molecule has 1 heterocycles. The number of rotatable bonds is 3. The van der Waals surface area contributed by atoms with Crippen LogP contribution in [0.5, 0.6) is 0 Å². The van der Waals surface area contributed by atoms with Gasteiger partial charge >= 0.3 is 0 Å². The summed E-state index contributed by atoms with van der Waals surface area (Å²) in [7, 11) is -2.83. The fourth-order valence-electron chi connectivity index (χ4n) is 2.17. The predicted octanol–water partition coefficient (Wildman–Crippen LogP) is 1.19. The average molecular weight is 333 g/mol. The van der Waals surface area contributed by atoms with Crippen molar-refractivity contribution < 1.29 is 8.42 Å². The van der Waals surface area contributed by atoms with Gasteiger partial charge in [0, 0.05) is 23.2 Å². The van der Waals surface area contributed by atoms with Crippen LogP contribution in [-0.4, -0.2) is 39.6 Å². The Bertz CT molecular complexity index is 517. The van der Waals surface area contributed by atoms with E-state index in [4.69, 9.17) is 5.73 Å². The van der Waals surface area contributed by atoms with Crippen LogP contribution in [-0.2, 0) is 16.3 Å². The Morgan fingerprint density at radius 1 is 1.28 bits per heavy atom. The Hall–Kier alpha value is -0.590. The minimum Gasteiger partial charge on any atom is -0.369 e. The second-order valence-electron chi connectivity index (χ2n) is 4.45. The van der Waals surface area contributed by atoms with Crippen LogP contribution in [0.4, 0.5) is 5.69 Å². The molecule has 100 valence electrons. The zero-order chi connectivity index (χ0) is 13.2. The average Bonchev–Trinajstić information content (AvgIpc) is 2.31. The van der Waals surface area contributed by atoms with Crippen LogP contribution in [0.3, 0.4) is 0 Å². The first kappa shape index (κ1) is 13.8. The van der Waals surface area contributed by atoms with Gasteiger partial charge in [-0.1, -0.05) is 15.9 Å². The Labute approximate surface area is 116 Å². The molecular formula is C12H17BrN2O2S. The molecule has 18 heavy (non-hydrogen) atoms. The number of hydrogen-bond donors (Lipinski definition) is 1. The van der Waals surface area contributed by atoms with Gasteiger partial charge in [-0.15, -0.1) is 0 Å². The van der Waals surface area contributed by atoms with Crippen molar-refractivity contribution in [1.29, 1.82) is 0 Å².